The minimum Gasteiger partial charge on any atom is -0.341 e. The average Bonchev–Trinajstić information content (AvgIpc) is 2.96. The Morgan fingerprint density at radius 2 is 2.14 bits per heavy atom. The highest BCUT2D eigenvalue weighted by Crippen LogP contribution is 2.21. The Balaban J connectivity index is 1.85. The number of aryl methyl sites for hydroxylation is 1. The zero-order valence-corrected chi connectivity index (χ0v) is 13.4. The van der Waals surface area contributed by atoms with Crippen molar-refractivity contribution in [3.8, 4) is 0 Å². The summed E-state index contributed by atoms with van der Waals surface area (Å²) in [7, 11) is 1.68. The van der Waals surface area contributed by atoms with E-state index in [4.69, 9.17) is 11.6 Å². The number of thiophene rings is 1. The van der Waals surface area contributed by atoms with E-state index in [1.54, 1.807) is 30.5 Å². The molecular weight excluding hydrogens is 309 g/mol. The zero-order valence-electron chi connectivity index (χ0n) is 11.8. The normalized spacial score (nSPS) is 10.6. The van der Waals surface area contributed by atoms with Gasteiger partial charge in [-0.25, -0.2) is 4.39 Å². The minimum absolute atomic E-state index is 0.00544. The first-order chi connectivity index (χ1) is 10.1. The first-order valence-electron chi connectivity index (χ1n) is 6.77. The molecule has 1 aromatic carbocycles. The van der Waals surface area contributed by atoms with Crippen molar-refractivity contribution >= 4 is 28.8 Å². The van der Waals surface area contributed by atoms with Crippen LogP contribution in [0.15, 0.2) is 35.7 Å². The van der Waals surface area contributed by atoms with Crippen molar-refractivity contribution < 1.29 is 9.18 Å². The highest BCUT2D eigenvalue weighted by atomic mass is 35.5. The molecule has 0 saturated carbocycles. The van der Waals surface area contributed by atoms with Crippen LogP contribution in [0.5, 0.6) is 0 Å². The van der Waals surface area contributed by atoms with Gasteiger partial charge in [-0.05, 0) is 36.4 Å². The summed E-state index contributed by atoms with van der Waals surface area (Å²) in [6.45, 7) is 0.198. The Hall–Kier alpha value is -1.39. The maximum atomic E-state index is 13.7. The van der Waals surface area contributed by atoms with E-state index >= 15 is 0 Å². The van der Waals surface area contributed by atoms with E-state index in [-0.39, 0.29) is 18.3 Å². The topological polar surface area (TPSA) is 20.3 Å². The number of hydrogen-bond donors (Lipinski definition) is 0. The molecule has 5 heteroatoms. The van der Waals surface area contributed by atoms with Gasteiger partial charge < -0.3 is 4.90 Å². The monoisotopic (exact) mass is 325 g/mol. The van der Waals surface area contributed by atoms with Gasteiger partial charge in [0.2, 0.25) is 5.91 Å². The molecule has 0 N–H and O–H groups in total. The molecule has 1 amide bonds. The van der Waals surface area contributed by atoms with Crippen molar-refractivity contribution in [2.45, 2.75) is 25.8 Å². The number of amides is 1. The van der Waals surface area contributed by atoms with Crippen LogP contribution in [-0.4, -0.2) is 17.9 Å². The fourth-order valence-electron chi connectivity index (χ4n) is 2.07. The van der Waals surface area contributed by atoms with Crippen LogP contribution < -0.4 is 0 Å². The summed E-state index contributed by atoms with van der Waals surface area (Å²) >= 11 is 7.67. The van der Waals surface area contributed by atoms with E-state index in [0.29, 0.717) is 17.0 Å². The van der Waals surface area contributed by atoms with Gasteiger partial charge >= 0.3 is 0 Å². The molecular formula is C16H17ClFNOS. The Morgan fingerprint density at radius 3 is 2.81 bits per heavy atom. The van der Waals surface area contributed by atoms with Gasteiger partial charge in [0.1, 0.15) is 5.82 Å². The van der Waals surface area contributed by atoms with Gasteiger partial charge in [-0.15, -0.1) is 11.3 Å². The number of benzene rings is 1. The third-order valence-corrected chi connectivity index (χ3v) is 4.57. The number of carbonyl (C=O) groups excluding carboxylic acids is 1. The lowest BCUT2D eigenvalue weighted by Gasteiger charge is -2.18. The third-order valence-electron chi connectivity index (χ3n) is 3.28. The predicted octanol–water partition coefficient (Wildman–Crippen LogP) is 4.52. The van der Waals surface area contributed by atoms with Crippen LogP contribution in [0, 0.1) is 5.82 Å². The molecule has 112 valence electrons. The summed E-state index contributed by atoms with van der Waals surface area (Å²) in [4.78, 5) is 14.9. The smallest absolute Gasteiger partial charge is 0.222 e. The zero-order chi connectivity index (χ0) is 15.2. The van der Waals surface area contributed by atoms with Crippen molar-refractivity contribution in [2.24, 2.45) is 0 Å². The van der Waals surface area contributed by atoms with Gasteiger partial charge in [0.05, 0.1) is 0 Å². The Kier molecular flexibility index (Phi) is 5.76. The summed E-state index contributed by atoms with van der Waals surface area (Å²) in [5.74, 6) is -0.369. The predicted molar refractivity (Wildman–Crippen MR) is 85.1 cm³/mol. The van der Waals surface area contributed by atoms with E-state index < -0.39 is 0 Å². The summed E-state index contributed by atoms with van der Waals surface area (Å²) in [6.07, 6.45) is 2.16. The minimum atomic E-state index is -0.374. The summed E-state index contributed by atoms with van der Waals surface area (Å²) in [5.41, 5.74) is 0.369. The van der Waals surface area contributed by atoms with E-state index in [1.807, 2.05) is 11.4 Å². The fourth-order valence-corrected chi connectivity index (χ4v) is 3.04. The lowest BCUT2D eigenvalue weighted by Crippen LogP contribution is -2.26. The molecule has 21 heavy (non-hydrogen) atoms. The molecule has 1 aromatic heterocycles. The molecule has 2 aromatic rings. The molecule has 0 aliphatic heterocycles. The summed E-state index contributed by atoms with van der Waals surface area (Å²) in [5, 5.41) is 2.39. The maximum Gasteiger partial charge on any atom is 0.222 e. The standard InChI is InChI=1S/C16H17ClFNOS/c1-19(11-13-14(17)7-3-8-15(13)18)16(20)9-2-5-12-6-4-10-21-12/h3-4,6-8,10H,2,5,9,11H2,1H3. The third kappa shape index (κ3) is 4.55. The molecule has 0 atom stereocenters. The summed E-state index contributed by atoms with van der Waals surface area (Å²) in [6, 6.07) is 8.63. The van der Waals surface area contributed by atoms with Crippen LogP contribution in [0.4, 0.5) is 4.39 Å². The summed E-state index contributed by atoms with van der Waals surface area (Å²) < 4.78 is 13.7. The highest BCUT2D eigenvalue weighted by molar-refractivity contribution is 7.09. The molecule has 1 heterocycles. The van der Waals surface area contributed by atoms with Crippen LogP contribution in [0.3, 0.4) is 0 Å². The van der Waals surface area contributed by atoms with Crippen LogP contribution in [0.2, 0.25) is 5.02 Å². The molecule has 0 aliphatic carbocycles. The number of carbonyl (C=O) groups is 1. The maximum absolute atomic E-state index is 13.7. The van der Waals surface area contributed by atoms with Crippen molar-refractivity contribution in [3.05, 3.63) is 57.0 Å². The van der Waals surface area contributed by atoms with Crippen LogP contribution in [0.1, 0.15) is 23.3 Å². The highest BCUT2D eigenvalue weighted by Gasteiger charge is 2.14. The van der Waals surface area contributed by atoms with Gasteiger partial charge in [-0.3, -0.25) is 4.79 Å². The van der Waals surface area contributed by atoms with E-state index in [9.17, 15) is 9.18 Å². The van der Waals surface area contributed by atoms with Crippen LogP contribution >= 0.6 is 22.9 Å². The Labute approximate surface area is 133 Å². The van der Waals surface area contributed by atoms with Gasteiger partial charge in [0, 0.05) is 35.5 Å². The van der Waals surface area contributed by atoms with Crippen LogP contribution in [-0.2, 0) is 17.8 Å². The van der Waals surface area contributed by atoms with Gasteiger partial charge in [0.15, 0.2) is 0 Å². The number of rotatable bonds is 6. The van der Waals surface area contributed by atoms with E-state index in [2.05, 4.69) is 6.07 Å². The second kappa shape index (κ2) is 7.57. The number of nitrogens with zero attached hydrogens (tertiary/aromatic N) is 1. The lowest BCUT2D eigenvalue weighted by molar-refractivity contribution is -0.130. The number of hydrogen-bond acceptors (Lipinski definition) is 2. The molecule has 0 radical (unpaired) electrons. The second-order valence-corrected chi connectivity index (χ2v) is 6.32. The average molecular weight is 326 g/mol. The fraction of sp³-hybridized carbons (Fsp3) is 0.312. The second-order valence-electron chi connectivity index (χ2n) is 4.88. The van der Waals surface area contributed by atoms with Crippen molar-refractivity contribution in [1.29, 1.82) is 0 Å². The first kappa shape index (κ1) is 16.0. The molecule has 0 fully saturated rings. The van der Waals surface area contributed by atoms with Gasteiger partial charge in [0.25, 0.3) is 0 Å². The largest absolute Gasteiger partial charge is 0.341 e. The number of halogens is 2. The Bertz CT molecular complexity index is 580. The van der Waals surface area contributed by atoms with Crippen LogP contribution in [0.25, 0.3) is 0 Å². The van der Waals surface area contributed by atoms with Gasteiger partial charge in [-0.1, -0.05) is 23.7 Å². The molecule has 2 nitrogen and oxygen atoms in total. The SMILES string of the molecule is CN(Cc1c(F)cccc1Cl)C(=O)CCCc1cccs1. The van der Waals surface area contributed by atoms with Crippen molar-refractivity contribution in [1.82, 2.24) is 4.90 Å². The van der Waals surface area contributed by atoms with E-state index in [1.165, 1.54) is 15.8 Å². The molecule has 2 rings (SSSR count). The molecule has 0 saturated heterocycles. The molecule has 0 unspecified atom stereocenters. The molecule has 0 bridgehead atoms. The van der Waals surface area contributed by atoms with Gasteiger partial charge in [-0.2, -0.15) is 0 Å². The van der Waals surface area contributed by atoms with Crippen molar-refractivity contribution in [2.75, 3.05) is 7.05 Å². The first-order valence-corrected chi connectivity index (χ1v) is 8.03. The van der Waals surface area contributed by atoms with Crippen molar-refractivity contribution in [3.63, 3.8) is 0 Å². The van der Waals surface area contributed by atoms with E-state index in [0.717, 1.165) is 12.8 Å². The lowest BCUT2D eigenvalue weighted by atomic mass is 10.1. The molecule has 0 aliphatic rings. The molecule has 0 spiro atoms. The Morgan fingerprint density at radius 1 is 1.33 bits per heavy atom. The quantitative estimate of drug-likeness (QED) is 0.764.